The predicted molar refractivity (Wildman–Crippen MR) is 118 cm³/mol. The second-order valence-electron chi connectivity index (χ2n) is 8.85. The summed E-state index contributed by atoms with van der Waals surface area (Å²) in [7, 11) is 0. The number of hydrogen-bond acceptors (Lipinski definition) is 2. The zero-order chi connectivity index (χ0) is 20.7. The van der Waals surface area contributed by atoms with E-state index < -0.39 is 0 Å². The molecule has 5 heteroatoms. The standard InChI is InChI=1S/C25H24ClFN2O/c26-19-1-4-21(5-2-19)29-25(30)11-15-9-16-12-18(13-17(16)10-15)22-7-8-28-24-6-3-20(27)14-23(22)24/h1-8,14-18H,9-13H2,(H,29,30)/t15-,16-,17+,18+. The second kappa shape index (κ2) is 7.99. The maximum absolute atomic E-state index is 13.8. The highest BCUT2D eigenvalue weighted by molar-refractivity contribution is 6.30. The lowest BCUT2D eigenvalue weighted by Crippen LogP contribution is -2.15. The van der Waals surface area contributed by atoms with Gasteiger partial charge in [0.15, 0.2) is 0 Å². The van der Waals surface area contributed by atoms with Crippen molar-refractivity contribution >= 4 is 34.1 Å². The number of carbonyl (C=O) groups is 1. The van der Waals surface area contributed by atoms with E-state index in [1.54, 1.807) is 24.3 Å². The van der Waals surface area contributed by atoms with Gasteiger partial charge >= 0.3 is 0 Å². The summed E-state index contributed by atoms with van der Waals surface area (Å²) in [6.07, 6.45) is 6.86. The summed E-state index contributed by atoms with van der Waals surface area (Å²) in [5, 5.41) is 4.59. The molecule has 1 aromatic heterocycles. The van der Waals surface area contributed by atoms with Crippen molar-refractivity contribution in [1.82, 2.24) is 4.98 Å². The third kappa shape index (κ3) is 3.93. The number of fused-ring (bicyclic) bond motifs is 2. The molecule has 0 spiro atoms. The Morgan fingerprint density at radius 2 is 1.77 bits per heavy atom. The highest BCUT2D eigenvalue weighted by Crippen LogP contribution is 2.53. The molecule has 5 rings (SSSR count). The molecule has 1 N–H and O–H groups in total. The predicted octanol–water partition coefficient (Wildman–Crippen LogP) is 6.58. The lowest BCUT2D eigenvalue weighted by Gasteiger charge is -2.17. The molecule has 2 aliphatic carbocycles. The first-order chi connectivity index (χ1) is 14.5. The molecule has 0 aliphatic heterocycles. The highest BCUT2D eigenvalue weighted by Gasteiger charge is 2.42. The average molecular weight is 423 g/mol. The maximum atomic E-state index is 13.8. The highest BCUT2D eigenvalue weighted by atomic mass is 35.5. The van der Waals surface area contributed by atoms with Crippen molar-refractivity contribution in [1.29, 1.82) is 0 Å². The number of carbonyl (C=O) groups excluding carboxylic acids is 1. The molecule has 0 bridgehead atoms. The molecule has 2 fully saturated rings. The van der Waals surface area contributed by atoms with Gasteiger partial charge in [0, 0.05) is 28.7 Å². The monoisotopic (exact) mass is 422 g/mol. The van der Waals surface area contributed by atoms with Gasteiger partial charge in [-0.2, -0.15) is 0 Å². The molecule has 0 saturated heterocycles. The Bertz CT molecular complexity index is 1070. The summed E-state index contributed by atoms with van der Waals surface area (Å²) >= 11 is 5.90. The Hall–Kier alpha value is -2.46. The Balaban J connectivity index is 1.21. The van der Waals surface area contributed by atoms with E-state index >= 15 is 0 Å². The molecule has 0 radical (unpaired) electrons. The van der Waals surface area contributed by atoms with Crippen molar-refractivity contribution < 1.29 is 9.18 Å². The van der Waals surface area contributed by atoms with Crippen molar-refractivity contribution in [3.05, 3.63) is 71.1 Å². The van der Waals surface area contributed by atoms with E-state index in [9.17, 15) is 9.18 Å². The van der Waals surface area contributed by atoms with Gasteiger partial charge in [-0.15, -0.1) is 0 Å². The molecular weight excluding hydrogens is 399 g/mol. The molecule has 0 unspecified atom stereocenters. The first kappa shape index (κ1) is 19.5. The fourth-order valence-electron chi connectivity index (χ4n) is 5.67. The summed E-state index contributed by atoms with van der Waals surface area (Å²) in [5.74, 6) is 2.08. The van der Waals surface area contributed by atoms with Gasteiger partial charge in [0.2, 0.25) is 5.91 Å². The number of nitrogens with one attached hydrogen (secondary N) is 1. The molecule has 154 valence electrons. The van der Waals surface area contributed by atoms with Crippen LogP contribution in [0.5, 0.6) is 0 Å². The van der Waals surface area contributed by atoms with Gasteiger partial charge < -0.3 is 5.32 Å². The van der Waals surface area contributed by atoms with Crippen LogP contribution in [0.15, 0.2) is 54.7 Å². The molecule has 30 heavy (non-hydrogen) atoms. The van der Waals surface area contributed by atoms with Crippen LogP contribution >= 0.6 is 11.6 Å². The summed E-state index contributed by atoms with van der Waals surface area (Å²) < 4.78 is 13.8. The lowest BCUT2D eigenvalue weighted by atomic mass is 9.89. The van der Waals surface area contributed by atoms with Crippen LogP contribution < -0.4 is 5.32 Å². The molecule has 3 nitrogen and oxygen atoms in total. The number of hydrogen-bond donors (Lipinski definition) is 1. The molecular formula is C25H24ClFN2O. The number of halogens is 2. The minimum atomic E-state index is -0.207. The molecule has 3 aromatic rings. The number of amides is 1. The lowest BCUT2D eigenvalue weighted by molar-refractivity contribution is -0.117. The molecule has 2 aromatic carbocycles. The maximum Gasteiger partial charge on any atom is 0.224 e. The van der Waals surface area contributed by atoms with Gasteiger partial charge in [-0.05, 0) is 103 Å². The smallest absolute Gasteiger partial charge is 0.224 e. The van der Waals surface area contributed by atoms with Crippen molar-refractivity contribution in [3.63, 3.8) is 0 Å². The van der Waals surface area contributed by atoms with Crippen LogP contribution in [0.2, 0.25) is 5.02 Å². The summed E-state index contributed by atoms with van der Waals surface area (Å²) in [6.45, 7) is 0. The van der Waals surface area contributed by atoms with Crippen LogP contribution in [0, 0.1) is 23.6 Å². The Morgan fingerprint density at radius 3 is 2.50 bits per heavy atom. The van der Waals surface area contributed by atoms with Crippen LogP contribution in [0.1, 0.15) is 43.6 Å². The summed E-state index contributed by atoms with van der Waals surface area (Å²) in [4.78, 5) is 16.8. The Morgan fingerprint density at radius 1 is 1.03 bits per heavy atom. The largest absolute Gasteiger partial charge is 0.326 e. The van der Waals surface area contributed by atoms with Crippen molar-refractivity contribution in [2.75, 3.05) is 5.32 Å². The Kier molecular flexibility index (Phi) is 5.20. The third-order valence-electron chi connectivity index (χ3n) is 6.89. The van der Waals surface area contributed by atoms with Crippen LogP contribution in [0.4, 0.5) is 10.1 Å². The number of aromatic nitrogens is 1. The van der Waals surface area contributed by atoms with Crippen LogP contribution in [-0.4, -0.2) is 10.9 Å². The van der Waals surface area contributed by atoms with Gasteiger partial charge in [0.25, 0.3) is 0 Å². The van der Waals surface area contributed by atoms with E-state index in [1.165, 1.54) is 11.6 Å². The van der Waals surface area contributed by atoms with E-state index in [1.807, 2.05) is 18.3 Å². The molecule has 1 heterocycles. The average Bonchev–Trinajstić information content (AvgIpc) is 3.27. The molecule has 2 saturated carbocycles. The number of rotatable bonds is 4. The van der Waals surface area contributed by atoms with Gasteiger partial charge in [-0.25, -0.2) is 4.39 Å². The molecule has 4 atom stereocenters. The number of pyridine rings is 1. The first-order valence-corrected chi connectivity index (χ1v) is 11.0. The van der Waals surface area contributed by atoms with E-state index in [2.05, 4.69) is 16.4 Å². The third-order valence-corrected chi connectivity index (χ3v) is 7.14. The van der Waals surface area contributed by atoms with E-state index in [0.29, 0.717) is 35.1 Å². The SMILES string of the molecule is O=C(C[C@@H]1C[C@@H]2C[C@H](c3ccnc4ccc(F)cc34)C[C@@H]2C1)Nc1ccc(Cl)cc1. The van der Waals surface area contributed by atoms with Crippen LogP contribution in [-0.2, 0) is 4.79 Å². The minimum Gasteiger partial charge on any atom is -0.326 e. The summed E-state index contributed by atoms with van der Waals surface area (Å²) in [5.41, 5.74) is 2.88. The van der Waals surface area contributed by atoms with E-state index in [4.69, 9.17) is 11.6 Å². The quantitative estimate of drug-likeness (QED) is 0.516. The topological polar surface area (TPSA) is 42.0 Å². The molecule has 2 aliphatic rings. The minimum absolute atomic E-state index is 0.0782. The van der Waals surface area contributed by atoms with E-state index in [0.717, 1.165) is 42.3 Å². The fourth-order valence-corrected chi connectivity index (χ4v) is 5.79. The van der Waals surface area contributed by atoms with Crippen molar-refractivity contribution in [2.24, 2.45) is 17.8 Å². The van der Waals surface area contributed by atoms with Crippen molar-refractivity contribution in [2.45, 2.75) is 38.0 Å². The first-order valence-electron chi connectivity index (χ1n) is 10.6. The normalized spacial score (nSPS) is 25.4. The van der Waals surface area contributed by atoms with Gasteiger partial charge in [-0.1, -0.05) is 11.6 Å². The van der Waals surface area contributed by atoms with Gasteiger partial charge in [-0.3, -0.25) is 9.78 Å². The molecule has 1 amide bonds. The van der Waals surface area contributed by atoms with E-state index in [-0.39, 0.29) is 11.7 Å². The van der Waals surface area contributed by atoms with Gasteiger partial charge in [0.05, 0.1) is 5.52 Å². The second-order valence-corrected chi connectivity index (χ2v) is 9.28. The zero-order valence-corrected chi connectivity index (χ0v) is 17.4. The van der Waals surface area contributed by atoms with Crippen LogP contribution in [0.25, 0.3) is 10.9 Å². The Labute approximate surface area is 180 Å². The summed E-state index contributed by atoms with van der Waals surface area (Å²) in [6, 6.07) is 14.1. The fraction of sp³-hybridized carbons (Fsp3) is 0.360. The number of nitrogens with zero attached hydrogens (tertiary/aromatic N) is 1. The number of anilines is 1. The van der Waals surface area contributed by atoms with Crippen molar-refractivity contribution in [3.8, 4) is 0 Å². The zero-order valence-electron chi connectivity index (χ0n) is 16.7. The van der Waals surface area contributed by atoms with Gasteiger partial charge in [0.1, 0.15) is 5.82 Å². The number of benzene rings is 2. The van der Waals surface area contributed by atoms with Crippen LogP contribution in [0.3, 0.4) is 0 Å².